The van der Waals surface area contributed by atoms with Gasteiger partial charge in [-0.15, -0.1) is 0 Å². The van der Waals surface area contributed by atoms with E-state index in [0.717, 1.165) is 59.3 Å². The highest BCUT2D eigenvalue weighted by Gasteiger charge is 2.49. The molecule has 0 radical (unpaired) electrons. The van der Waals surface area contributed by atoms with Gasteiger partial charge in [0.15, 0.2) is 6.10 Å². The van der Waals surface area contributed by atoms with Gasteiger partial charge in [-0.25, -0.2) is 4.79 Å². The van der Waals surface area contributed by atoms with E-state index in [2.05, 4.69) is 30.3 Å². The van der Waals surface area contributed by atoms with Gasteiger partial charge in [-0.1, -0.05) is 18.2 Å². The third-order valence-electron chi connectivity index (χ3n) is 7.12. The average molecular weight is 435 g/mol. The van der Waals surface area contributed by atoms with Crippen LogP contribution in [0.3, 0.4) is 0 Å². The van der Waals surface area contributed by atoms with Crippen LogP contribution in [0.2, 0.25) is 0 Å². The van der Waals surface area contributed by atoms with Crippen LogP contribution in [0.1, 0.15) is 80.7 Å². The molecule has 2 aromatic carbocycles. The lowest BCUT2D eigenvalue weighted by Gasteiger charge is -2.29. The van der Waals surface area contributed by atoms with E-state index in [-0.39, 0.29) is 0 Å². The monoisotopic (exact) mass is 434 g/mol. The second-order valence-corrected chi connectivity index (χ2v) is 10.8. The highest BCUT2D eigenvalue weighted by Crippen LogP contribution is 2.61. The lowest BCUT2D eigenvalue weighted by molar-refractivity contribution is -0.160. The molecule has 32 heavy (non-hydrogen) atoms. The van der Waals surface area contributed by atoms with Crippen LogP contribution >= 0.6 is 0 Å². The largest absolute Gasteiger partial charge is 0.493 e. The van der Waals surface area contributed by atoms with Gasteiger partial charge in [-0.3, -0.25) is 0 Å². The van der Waals surface area contributed by atoms with Crippen LogP contribution in [0.4, 0.5) is 0 Å². The molecule has 5 rings (SSSR count). The maximum atomic E-state index is 12.5. The van der Waals surface area contributed by atoms with Crippen LogP contribution in [-0.2, 0) is 16.0 Å². The number of carbonyl (C=O) groups is 1. The zero-order chi connectivity index (χ0) is 22.6. The van der Waals surface area contributed by atoms with Gasteiger partial charge in [0.05, 0.1) is 12.2 Å². The van der Waals surface area contributed by atoms with Crippen LogP contribution in [0.25, 0.3) is 11.1 Å². The van der Waals surface area contributed by atoms with Gasteiger partial charge >= 0.3 is 5.97 Å². The fraction of sp³-hybridized carbons (Fsp3) is 0.536. The van der Waals surface area contributed by atoms with Crippen LogP contribution in [-0.4, -0.2) is 23.3 Å². The zero-order valence-electron chi connectivity index (χ0n) is 19.6. The molecule has 3 atom stereocenters. The predicted molar refractivity (Wildman–Crippen MR) is 125 cm³/mol. The molecule has 1 aliphatic heterocycles. The molecule has 1 N–H and O–H groups in total. The predicted octanol–water partition coefficient (Wildman–Crippen LogP) is 6.44. The van der Waals surface area contributed by atoms with Crippen molar-refractivity contribution in [3.8, 4) is 16.9 Å². The van der Waals surface area contributed by atoms with Crippen molar-refractivity contribution in [2.45, 2.75) is 77.4 Å². The quantitative estimate of drug-likeness (QED) is 0.568. The first-order valence-corrected chi connectivity index (χ1v) is 12.0. The molecule has 0 amide bonds. The van der Waals surface area contributed by atoms with E-state index in [1.807, 2.05) is 27.7 Å². The van der Waals surface area contributed by atoms with Gasteiger partial charge in [0, 0.05) is 5.56 Å². The number of carboxylic acid groups (broad SMARTS) is 1. The SMILES string of the molecule is Cc1ccc([C@@H]2CC2C2CC2)c(-c2ccc3c(c2)CCCO3)c1C(OC(C)(C)C)C(=O)O. The summed E-state index contributed by atoms with van der Waals surface area (Å²) in [5.74, 6) is 2.15. The Labute approximate surface area is 190 Å². The summed E-state index contributed by atoms with van der Waals surface area (Å²) in [5, 5.41) is 10.2. The minimum Gasteiger partial charge on any atom is -0.493 e. The summed E-state index contributed by atoms with van der Waals surface area (Å²) in [6, 6.07) is 10.7. The van der Waals surface area contributed by atoms with E-state index in [1.54, 1.807) is 0 Å². The molecular weight excluding hydrogens is 400 g/mol. The van der Waals surface area contributed by atoms with Crippen molar-refractivity contribution < 1.29 is 19.4 Å². The smallest absolute Gasteiger partial charge is 0.337 e. The molecule has 4 nitrogen and oxygen atoms in total. The van der Waals surface area contributed by atoms with E-state index in [0.29, 0.717) is 5.92 Å². The number of rotatable bonds is 6. The van der Waals surface area contributed by atoms with Gasteiger partial charge in [-0.05, 0) is 118 Å². The molecule has 0 aromatic heterocycles. The maximum Gasteiger partial charge on any atom is 0.337 e. The van der Waals surface area contributed by atoms with Crippen molar-refractivity contribution in [1.82, 2.24) is 0 Å². The molecule has 0 bridgehead atoms. The lowest BCUT2D eigenvalue weighted by Crippen LogP contribution is -2.28. The van der Waals surface area contributed by atoms with Crippen molar-refractivity contribution in [2.24, 2.45) is 11.8 Å². The van der Waals surface area contributed by atoms with Crippen LogP contribution in [0.15, 0.2) is 30.3 Å². The van der Waals surface area contributed by atoms with Crippen molar-refractivity contribution in [2.75, 3.05) is 6.61 Å². The van der Waals surface area contributed by atoms with E-state index in [4.69, 9.17) is 9.47 Å². The molecule has 3 aliphatic rings. The van der Waals surface area contributed by atoms with E-state index >= 15 is 0 Å². The molecule has 4 heteroatoms. The Bertz CT molecular complexity index is 1040. The number of benzene rings is 2. The number of hydrogen-bond donors (Lipinski definition) is 1. The third-order valence-corrected chi connectivity index (χ3v) is 7.12. The molecule has 2 aromatic rings. The van der Waals surface area contributed by atoms with E-state index < -0.39 is 17.7 Å². The number of aryl methyl sites for hydroxylation is 2. The molecule has 0 spiro atoms. The molecule has 2 aliphatic carbocycles. The maximum absolute atomic E-state index is 12.5. The summed E-state index contributed by atoms with van der Waals surface area (Å²) in [4.78, 5) is 12.5. The van der Waals surface area contributed by atoms with Gasteiger partial charge in [0.1, 0.15) is 5.75 Å². The lowest BCUT2D eigenvalue weighted by atomic mass is 9.85. The summed E-state index contributed by atoms with van der Waals surface area (Å²) in [7, 11) is 0. The average Bonchev–Trinajstić information content (AvgIpc) is 3.64. The zero-order valence-corrected chi connectivity index (χ0v) is 19.6. The Morgan fingerprint density at radius 1 is 1.19 bits per heavy atom. The topological polar surface area (TPSA) is 55.8 Å². The molecule has 2 unspecified atom stereocenters. The summed E-state index contributed by atoms with van der Waals surface area (Å²) in [5.41, 5.74) is 5.88. The van der Waals surface area contributed by atoms with Gasteiger partial charge in [0.2, 0.25) is 0 Å². The minimum atomic E-state index is -1.00. The molecule has 2 fully saturated rings. The van der Waals surface area contributed by atoms with E-state index in [9.17, 15) is 9.90 Å². The Morgan fingerprint density at radius 3 is 2.66 bits per heavy atom. The molecule has 170 valence electrons. The Kier molecular flexibility index (Phi) is 5.32. The first-order chi connectivity index (χ1) is 15.2. The highest BCUT2D eigenvalue weighted by atomic mass is 16.5. The normalized spacial score (nSPS) is 23.2. The summed E-state index contributed by atoms with van der Waals surface area (Å²) in [6.07, 6.45) is 4.91. The Balaban J connectivity index is 1.68. The first kappa shape index (κ1) is 21.5. The van der Waals surface area contributed by atoms with Gasteiger partial charge in [-0.2, -0.15) is 0 Å². The second-order valence-electron chi connectivity index (χ2n) is 10.8. The number of hydrogen-bond acceptors (Lipinski definition) is 3. The molecule has 2 saturated carbocycles. The molecule has 1 heterocycles. The molecule has 0 saturated heterocycles. The Hall–Kier alpha value is -2.33. The second kappa shape index (κ2) is 7.91. The van der Waals surface area contributed by atoms with Crippen molar-refractivity contribution in [3.05, 3.63) is 52.6 Å². The number of fused-ring (bicyclic) bond motifs is 1. The molecular formula is C28H34O4. The summed E-state index contributed by atoms with van der Waals surface area (Å²) in [6.45, 7) is 8.53. The van der Waals surface area contributed by atoms with Crippen molar-refractivity contribution in [3.63, 3.8) is 0 Å². The van der Waals surface area contributed by atoms with Crippen molar-refractivity contribution >= 4 is 5.97 Å². The van der Waals surface area contributed by atoms with Gasteiger partial charge < -0.3 is 14.6 Å². The van der Waals surface area contributed by atoms with E-state index in [1.165, 1.54) is 30.4 Å². The van der Waals surface area contributed by atoms with Gasteiger partial charge in [0.25, 0.3) is 0 Å². The summed E-state index contributed by atoms with van der Waals surface area (Å²) >= 11 is 0. The minimum absolute atomic E-state index is 0.521. The van der Waals surface area contributed by atoms with Crippen molar-refractivity contribution in [1.29, 1.82) is 0 Å². The number of ether oxygens (including phenoxy) is 2. The van der Waals surface area contributed by atoms with Crippen LogP contribution in [0.5, 0.6) is 5.75 Å². The number of carboxylic acids is 1. The van der Waals surface area contributed by atoms with Crippen LogP contribution in [0, 0.1) is 18.8 Å². The summed E-state index contributed by atoms with van der Waals surface area (Å²) < 4.78 is 12.0. The first-order valence-electron chi connectivity index (χ1n) is 12.0. The standard InChI is InChI=1S/C28H34O4/c1-16-7-11-20(22-15-21(22)17-8-9-17)25(24(16)26(27(29)30)32-28(2,3)4)19-10-12-23-18(14-19)6-5-13-31-23/h7,10-12,14,17,21-22,26H,5-6,8-9,13,15H2,1-4H3,(H,29,30)/t21?,22-,26?/m0/s1. The van der Waals surface area contributed by atoms with Crippen LogP contribution < -0.4 is 4.74 Å². The fourth-order valence-corrected chi connectivity index (χ4v) is 5.43. The Morgan fingerprint density at radius 2 is 1.97 bits per heavy atom. The number of aliphatic carboxylic acids is 1. The third kappa shape index (κ3) is 4.17. The highest BCUT2D eigenvalue weighted by molar-refractivity contribution is 5.83. The fourth-order valence-electron chi connectivity index (χ4n) is 5.43.